The Morgan fingerprint density at radius 2 is 1.64 bits per heavy atom. The third-order valence-electron chi connectivity index (χ3n) is 3.41. The first kappa shape index (κ1) is 14.0. The van der Waals surface area contributed by atoms with Crippen LogP contribution in [0.1, 0.15) is 65.7 Å². The van der Waals surface area contributed by atoms with Gasteiger partial charge in [-0.05, 0) is 24.8 Å². The molecule has 0 saturated carbocycles. The number of hydrogen-bond donors (Lipinski definition) is 1. The molecular formula is C13H29N. The molecule has 0 aromatic heterocycles. The lowest BCUT2D eigenvalue weighted by molar-refractivity contribution is 0.366. The number of hydrogen-bond acceptors (Lipinski definition) is 1. The van der Waals surface area contributed by atoms with E-state index in [2.05, 4.69) is 20.8 Å². The summed E-state index contributed by atoms with van der Waals surface area (Å²) in [7, 11) is 0. The summed E-state index contributed by atoms with van der Waals surface area (Å²) in [5.74, 6) is 1.87. The SMILES string of the molecule is CCC(C)CCC(CC)CCCCN. The summed E-state index contributed by atoms with van der Waals surface area (Å²) in [6.07, 6.45) is 9.45. The summed E-state index contributed by atoms with van der Waals surface area (Å²) in [4.78, 5) is 0. The molecule has 0 saturated heterocycles. The van der Waals surface area contributed by atoms with E-state index in [1.54, 1.807) is 0 Å². The highest BCUT2D eigenvalue weighted by atomic mass is 14.5. The lowest BCUT2D eigenvalue weighted by atomic mass is 9.90. The molecule has 2 unspecified atom stereocenters. The molecule has 0 rings (SSSR count). The highest BCUT2D eigenvalue weighted by molar-refractivity contribution is 4.61. The minimum Gasteiger partial charge on any atom is -0.330 e. The van der Waals surface area contributed by atoms with E-state index in [0.717, 1.165) is 18.4 Å². The molecular weight excluding hydrogens is 170 g/mol. The third-order valence-corrected chi connectivity index (χ3v) is 3.41. The van der Waals surface area contributed by atoms with Crippen molar-refractivity contribution in [3.63, 3.8) is 0 Å². The van der Waals surface area contributed by atoms with Gasteiger partial charge in [0.15, 0.2) is 0 Å². The number of nitrogens with two attached hydrogens (primary N) is 1. The molecule has 0 spiro atoms. The molecule has 0 bridgehead atoms. The molecule has 0 aliphatic heterocycles. The molecule has 0 aliphatic rings. The van der Waals surface area contributed by atoms with E-state index in [-0.39, 0.29) is 0 Å². The molecule has 2 N–H and O–H groups in total. The van der Waals surface area contributed by atoms with Gasteiger partial charge in [0.05, 0.1) is 0 Å². The Bertz CT molecular complexity index is 112. The average Bonchev–Trinajstić information content (AvgIpc) is 2.22. The Morgan fingerprint density at radius 3 is 2.14 bits per heavy atom. The van der Waals surface area contributed by atoms with Gasteiger partial charge < -0.3 is 5.73 Å². The summed E-state index contributed by atoms with van der Waals surface area (Å²) in [6.45, 7) is 7.85. The zero-order valence-corrected chi connectivity index (χ0v) is 10.4. The topological polar surface area (TPSA) is 26.0 Å². The Kier molecular flexibility index (Phi) is 9.49. The first-order valence-corrected chi connectivity index (χ1v) is 6.44. The van der Waals surface area contributed by atoms with Crippen molar-refractivity contribution in [3.05, 3.63) is 0 Å². The lowest BCUT2D eigenvalue weighted by Gasteiger charge is -2.16. The minimum atomic E-state index is 0.863. The summed E-state index contributed by atoms with van der Waals surface area (Å²) < 4.78 is 0. The van der Waals surface area contributed by atoms with E-state index in [0.29, 0.717) is 0 Å². The molecule has 2 atom stereocenters. The normalized spacial score (nSPS) is 15.4. The smallest absolute Gasteiger partial charge is 0.00773 e. The van der Waals surface area contributed by atoms with Crippen LogP contribution in [0.3, 0.4) is 0 Å². The van der Waals surface area contributed by atoms with E-state index in [1.807, 2.05) is 0 Å². The van der Waals surface area contributed by atoms with Gasteiger partial charge in [0.25, 0.3) is 0 Å². The van der Waals surface area contributed by atoms with Gasteiger partial charge in [-0.2, -0.15) is 0 Å². The summed E-state index contributed by atoms with van der Waals surface area (Å²) in [5, 5.41) is 0. The summed E-state index contributed by atoms with van der Waals surface area (Å²) in [5.41, 5.74) is 5.50. The van der Waals surface area contributed by atoms with Crippen molar-refractivity contribution in [3.8, 4) is 0 Å². The van der Waals surface area contributed by atoms with Gasteiger partial charge in [-0.3, -0.25) is 0 Å². The summed E-state index contributed by atoms with van der Waals surface area (Å²) >= 11 is 0. The van der Waals surface area contributed by atoms with Crippen LogP contribution >= 0.6 is 0 Å². The van der Waals surface area contributed by atoms with Crippen LogP contribution in [0.25, 0.3) is 0 Å². The zero-order valence-electron chi connectivity index (χ0n) is 10.4. The maximum atomic E-state index is 5.50. The Hall–Kier alpha value is -0.0400. The maximum absolute atomic E-state index is 5.50. The van der Waals surface area contributed by atoms with Crippen molar-refractivity contribution in [1.82, 2.24) is 0 Å². The fourth-order valence-corrected chi connectivity index (χ4v) is 1.85. The van der Waals surface area contributed by atoms with Crippen molar-refractivity contribution in [2.75, 3.05) is 6.54 Å². The predicted molar refractivity (Wildman–Crippen MR) is 65.4 cm³/mol. The van der Waals surface area contributed by atoms with E-state index in [9.17, 15) is 0 Å². The standard InChI is InChI=1S/C13H29N/c1-4-12(3)9-10-13(5-2)8-6-7-11-14/h12-13H,4-11,14H2,1-3H3. The van der Waals surface area contributed by atoms with Gasteiger partial charge in [-0.1, -0.05) is 59.3 Å². The quantitative estimate of drug-likeness (QED) is 0.559. The molecule has 1 heteroatoms. The van der Waals surface area contributed by atoms with Crippen molar-refractivity contribution >= 4 is 0 Å². The molecule has 86 valence electrons. The zero-order chi connectivity index (χ0) is 10.8. The third kappa shape index (κ3) is 7.37. The molecule has 0 amide bonds. The summed E-state index contributed by atoms with van der Waals surface area (Å²) in [6, 6.07) is 0. The van der Waals surface area contributed by atoms with Crippen molar-refractivity contribution in [1.29, 1.82) is 0 Å². The second-order valence-corrected chi connectivity index (χ2v) is 4.65. The van der Waals surface area contributed by atoms with Crippen LogP contribution < -0.4 is 5.73 Å². The van der Waals surface area contributed by atoms with E-state index >= 15 is 0 Å². The van der Waals surface area contributed by atoms with Gasteiger partial charge in [-0.25, -0.2) is 0 Å². The highest BCUT2D eigenvalue weighted by Crippen LogP contribution is 2.21. The van der Waals surface area contributed by atoms with Crippen LogP contribution in [-0.4, -0.2) is 6.54 Å². The second-order valence-electron chi connectivity index (χ2n) is 4.65. The van der Waals surface area contributed by atoms with Crippen LogP contribution in [0, 0.1) is 11.8 Å². The van der Waals surface area contributed by atoms with Crippen LogP contribution in [0.2, 0.25) is 0 Å². The monoisotopic (exact) mass is 199 g/mol. The average molecular weight is 199 g/mol. The molecule has 0 aromatic carbocycles. The van der Waals surface area contributed by atoms with Crippen molar-refractivity contribution in [2.45, 2.75) is 65.7 Å². The predicted octanol–water partition coefficient (Wildman–Crippen LogP) is 3.97. The molecule has 0 aromatic rings. The van der Waals surface area contributed by atoms with Crippen LogP contribution in [0.5, 0.6) is 0 Å². The molecule has 14 heavy (non-hydrogen) atoms. The first-order valence-electron chi connectivity index (χ1n) is 6.44. The van der Waals surface area contributed by atoms with E-state index in [1.165, 1.54) is 44.9 Å². The van der Waals surface area contributed by atoms with Gasteiger partial charge >= 0.3 is 0 Å². The molecule has 0 heterocycles. The van der Waals surface area contributed by atoms with Gasteiger partial charge in [0.1, 0.15) is 0 Å². The number of rotatable bonds is 9. The van der Waals surface area contributed by atoms with Crippen molar-refractivity contribution in [2.24, 2.45) is 17.6 Å². The van der Waals surface area contributed by atoms with Gasteiger partial charge in [-0.15, -0.1) is 0 Å². The van der Waals surface area contributed by atoms with Crippen LogP contribution in [0.15, 0.2) is 0 Å². The van der Waals surface area contributed by atoms with E-state index in [4.69, 9.17) is 5.73 Å². The molecule has 0 aliphatic carbocycles. The van der Waals surface area contributed by atoms with Gasteiger partial charge in [0.2, 0.25) is 0 Å². The maximum Gasteiger partial charge on any atom is -0.00773 e. The fourth-order valence-electron chi connectivity index (χ4n) is 1.85. The van der Waals surface area contributed by atoms with Crippen molar-refractivity contribution < 1.29 is 0 Å². The minimum absolute atomic E-state index is 0.863. The largest absolute Gasteiger partial charge is 0.330 e. The van der Waals surface area contributed by atoms with Gasteiger partial charge in [0, 0.05) is 0 Å². The Balaban J connectivity index is 3.47. The molecule has 0 fully saturated rings. The second kappa shape index (κ2) is 9.51. The van der Waals surface area contributed by atoms with Crippen LogP contribution in [0.4, 0.5) is 0 Å². The fraction of sp³-hybridized carbons (Fsp3) is 1.00. The van der Waals surface area contributed by atoms with E-state index < -0.39 is 0 Å². The lowest BCUT2D eigenvalue weighted by Crippen LogP contribution is -2.04. The molecule has 0 radical (unpaired) electrons. The van der Waals surface area contributed by atoms with Crippen LogP contribution in [-0.2, 0) is 0 Å². The highest BCUT2D eigenvalue weighted by Gasteiger charge is 2.07. The number of unbranched alkanes of at least 4 members (excludes halogenated alkanes) is 1. The Labute approximate surface area is 90.5 Å². The molecule has 1 nitrogen and oxygen atoms in total. The Morgan fingerprint density at radius 1 is 0.929 bits per heavy atom. The first-order chi connectivity index (χ1) is 6.74.